The average Bonchev–Trinajstić information content (AvgIpc) is 3.28. The molecule has 0 bridgehead atoms. The van der Waals surface area contributed by atoms with Crippen LogP contribution in [0, 0.1) is 16.0 Å². The summed E-state index contributed by atoms with van der Waals surface area (Å²) in [5.41, 5.74) is 6.40. The van der Waals surface area contributed by atoms with E-state index in [0.717, 1.165) is 50.5 Å². The van der Waals surface area contributed by atoms with Gasteiger partial charge < -0.3 is 24.7 Å². The highest BCUT2D eigenvalue weighted by molar-refractivity contribution is 7.99. The molecular formula is C21H23N7O5S. The summed E-state index contributed by atoms with van der Waals surface area (Å²) >= 11 is 1.07. The van der Waals surface area contributed by atoms with Gasteiger partial charge in [-0.05, 0) is 36.9 Å². The van der Waals surface area contributed by atoms with Crippen molar-refractivity contribution < 1.29 is 19.2 Å². The van der Waals surface area contributed by atoms with Crippen molar-refractivity contribution in [2.75, 3.05) is 32.0 Å². The Balaban J connectivity index is 1.38. The Morgan fingerprint density at radius 3 is 2.65 bits per heavy atom. The van der Waals surface area contributed by atoms with E-state index in [-0.39, 0.29) is 11.5 Å². The number of ether oxygens (including phenoxy) is 2. The molecule has 4 aliphatic heterocycles. The number of nitro benzene ring substituents is 1. The summed E-state index contributed by atoms with van der Waals surface area (Å²) < 4.78 is 13.0. The number of imidazole rings is 1. The molecule has 0 unspecified atom stereocenters. The molecule has 0 saturated carbocycles. The van der Waals surface area contributed by atoms with Crippen molar-refractivity contribution >= 4 is 29.7 Å². The number of piperidine rings is 1. The molecule has 1 aromatic carbocycles. The Morgan fingerprint density at radius 2 is 1.94 bits per heavy atom. The molecule has 4 aliphatic rings. The van der Waals surface area contributed by atoms with Gasteiger partial charge in [-0.25, -0.2) is 15.0 Å². The quantitative estimate of drug-likeness (QED) is 0.300. The molecule has 2 N–H and O–H groups in total. The van der Waals surface area contributed by atoms with Crippen LogP contribution in [0.15, 0.2) is 28.5 Å². The smallest absolute Gasteiger partial charge is 0.287 e. The van der Waals surface area contributed by atoms with Crippen LogP contribution in [0.5, 0.6) is 11.5 Å². The highest BCUT2D eigenvalue weighted by atomic mass is 32.2. The number of nitrogens with two attached hydrogens (primary N) is 1. The van der Waals surface area contributed by atoms with E-state index in [4.69, 9.17) is 15.2 Å². The standard InChI is InChI=1S/C21H23N7O5S/c22-19-18-20(27(11-23-19)6-3-13-1-4-26(12-29)5-2-13)25-21(24-18)34-17-10-16-15(32-7-8-33-16)9-14(17)28(30)31/h9-13H,1-8,22H2. The van der Waals surface area contributed by atoms with E-state index in [1.807, 2.05) is 4.57 Å². The number of rotatable bonds is 7. The third-order valence-corrected chi connectivity index (χ3v) is 6.98. The molecule has 0 atom stereocenters. The molecule has 0 radical (unpaired) electrons. The first-order valence-electron chi connectivity index (χ1n) is 11.0. The Labute approximate surface area is 199 Å². The number of likely N-dealkylation sites (tertiary alicyclic amines) is 1. The van der Waals surface area contributed by atoms with Crippen LogP contribution in [-0.2, 0) is 11.3 Å². The monoisotopic (exact) mass is 485 g/mol. The third-order valence-electron chi connectivity index (χ3n) is 6.07. The van der Waals surface area contributed by atoms with Crippen molar-refractivity contribution in [1.82, 2.24) is 24.4 Å². The second kappa shape index (κ2) is 9.33. The molecule has 0 aromatic heterocycles. The highest BCUT2D eigenvalue weighted by Crippen LogP contribution is 2.43. The van der Waals surface area contributed by atoms with E-state index in [1.165, 1.54) is 6.07 Å². The maximum absolute atomic E-state index is 11.7. The molecule has 1 aromatic rings. The molecule has 34 heavy (non-hydrogen) atoms. The number of benzene rings is 1. The normalized spacial score (nSPS) is 16.1. The number of hydrogen-bond donors (Lipinski definition) is 1. The lowest BCUT2D eigenvalue weighted by Gasteiger charge is -2.29. The van der Waals surface area contributed by atoms with E-state index in [0.29, 0.717) is 58.7 Å². The summed E-state index contributed by atoms with van der Waals surface area (Å²) in [4.78, 5) is 37.6. The SMILES string of the molecule is Nc1ncn(CCC2CCN(C=O)CC2)c2nc(Sc3cc4c(cc3[N+](=O)[O-])OCCO4)nc1-2. The summed E-state index contributed by atoms with van der Waals surface area (Å²) in [5.74, 6) is 2.14. The number of nitrogens with zero attached hydrogens (tertiary/aromatic N) is 6. The van der Waals surface area contributed by atoms with Gasteiger partial charge in [0.25, 0.3) is 5.69 Å². The van der Waals surface area contributed by atoms with Crippen molar-refractivity contribution in [3.63, 3.8) is 0 Å². The van der Waals surface area contributed by atoms with Crippen molar-refractivity contribution in [3.05, 3.63) is 28.6 Å². The number of anilines is 1. The Kier molecular flexibility index (Phi) is 6.09. The van der Waals surface area contributed by atoms with Crippen LogP contribution in [0.3, 0.4) is 0 Å². The first-order valence-corrected chi connectivity index (χ1v) is 11.8. The average molecular weight is 486 g/mol. The molecule has 178 valence electrons. The number of aromatic nitrogens is 4. The molecule has 1 amide bonds. The molecular weight excluding hydrogens is 462 g/mol. The van der Waals surface area contributed by atoms with Gasteiger partial charge in [0.05, 0.1) is 22.2 Å². The lowest BCUT2D eigenvalue weighted by molar-refractivity contribution is -0.387. The molecule has 12 nitrogen and oxygen atoms in total. The maximum atomic E-state index is 11.7. The molecule has 4 heterocycles. The first-order chi connectivity index (χ1) is 16.5. The van der Waals surface area contributed by atoms with Crippen LogP contribution in [0.1, 0.15) is 19.3 Å². The number of nitrogen functional groups attached to an aromatic ring is 1. The number of amides is 1. The summed E-state index contributed by atoms with van der Waals surface area (Å²) in [7, 11) is 0. The molecule has 0 spiro atoms. The third kappa shape index (κ3) is 4.42. The number of carbonyl (C=O) groups excluding carboxylic acids is 1. The number of carbonyl (C=O) groups is 1. The zero-order valence-corrected chi connectivity index (χ0v) is 19.1. The van der Waals surface area contributed by atoms with Gasteiger partial charge in [0, 0.05) is 25.7 Å². The minimum atomic E-state index is -0.463. The zero-order valence-electron chi connectivity index (χ0n) is 18.3. The summed E-state index contributed by atoms with van der Waals surface area (Å²) in [6, 6.07) is 2.95. The van der Waals surface area contributed by atoms with Crippen LogP contribution in [0.4, 0.5) is 11.5 Å². The van der Waals surface area contributed by atoms with Crippen molar-refractivity contribution in [1.29, 1.82) is 0 Å². The van der Waals surface area contributed by atoms with E-state index in [2.05, 4.69) is 15.0 Å². The molecule has 13 heteroatoms. The summed E-state index contributed by atoms with van der Waals surface area (Å²) in [6.07, 6.45) is 5.40. The Bertz CT molecular complexity index is 1190. The highest BCUT2D eigenvalue weighted by Gasteiger charge is 2.26. The van der Waals surface area contributed by atoms with Crippen molar-refractivity contribution in [2.24, 2.45) is 5.92 Å². The van der Waals surface area contributed by atoms with Crippen LogP contribution in [-0.4, -0.2) is 62.1 Å². The minimum Gasteiger partial charge on any atom is -0.486 e. The van der Waals surface area contributed by atoms with Gasteiger partial charge in [0.2, 0.25) is 6.41 Å². The lowest BCUT2D eigenvalue weighted by Crippen LogP contribution is -2.32. The van der Waals surface area contributed by atoms with Crippen LogP contribution in [0.2, 0.25) is 0 Å². The van der Waals surface area contributed by atoms with Crippen LogP contribution >= 0.6 is 11.8 Å². The summed E-state index contributed by atoms with van der Waals surface area (Å²) in [6.45, 7) is 2.96. The van der Waals surface area contributed by atoms with Gasteiger partial charge in [0.15, 0.2) is 34.0 Å². The van der Waals surface area contributed by atoms with Crippen LogP contribution < -0.4 is 15.2 Å². The molecule has 1 saturated heterocycles. The Morgan fingerprint density at radius 1 is 1.21 bits per heavy atom. The van der Waals surface area contributed by atoms with Gasteiger partial charge in [-0.1, -0.05) is 0 Å². The fraction of sp³-hybridized carbons (Fsp3) is 0.429. The fourth-order valence-electron chi connectivity index (χ4n) is 4.19. The van der Waals surface area contributed by atoms with E-state index < -0.39 is 4.92 Å². The number of fused-ring (bicyclic) bond motifs is 2. The van der Waals surface area contributed by atoms with E-state index >= 15 is 0 Å². The first kappa shape index (κ1) is 22.2. The van der Waals surface area contributed by atoms with Gasteiger partial charge >= 0.3 is 0 Å². The largest absolute Gasteiger partial charge is 0.486 e. The van der Waals surface area contributed by atoms with E-state index in [9.17, 15) is 14.9 Å². The second-order valence-electron chi connectivity index (χ2n) is 8.20. The minimum absolute atomic E-state index is 0.108. The predicted octanol–water partition coefficient (Wildman–Crippen LogP) is 2.45. The van der Waals surface area contributed by atoms with E-state index in [1.54, 1.807) is 17.3 Å². The Hall–Kier alpha value is -3.61. The molecule has 0 aliphatic carbocycles. The molecule has 1 fully saturated rings. The van der Waals surface area contributed by atoms with Crippen molar-refractivity contribution in [3.8, 4) is 23.0 Å². The van der Waals surface area contributed by atoms with Gasteiger partial charge in [0.1, 0.15) is 13.2 Å². The fourth-order valence-corrected chi connectivity index (χ4v) is 5.06. The number of aryl methyl sites for hydroxylation is 1. The van der Waals surface area contributed by atoms with Crippen LogP contribution in [0.25, 0.3) is 11.5 Å². The number of hydrogen-bond acceptors (Lipinski definition) is 10. The zero-order chi connectivity index (χ0) is 23.7. The summed E-state index contributed by atoms with van der Waals surface area (Å²) in [5, 5.41) is 12.0. The topological polar surface area (TPSA) is 152 Å². The molecule has 5 rings (SSSR count). The number of nitro groups is 1. The van der Waals surface area contributed by atoms with Gasteiger partial charge in [-0.2, -0.15) is 0 Å². The predicted molar refractivity (Wildman–Crippen MR) is 122 cm³/mol. The maximum Gasteiger partial charge on any atom is 0.287 e. The van der Waals surface area contributed by atoms with Crippen molar-refractivity contribution in [2.45, 2.75) is 35.9 Å². The van der Waals surface area contributed by atoms with Gasteiger partial charge in [-0.15, -0.1) is 0 Å². The second-order valence-corrected chi connectivity index (χ2v) is 9.21. The van der Waals surface area contributed by atoms with Gasteiger partial charge in [-0.3, -0.25) is 14.9 Å². The lowest BCUT2D eigenvalue weighted by atomic mass is 9.94.